The number of nitriles is 1. The summed E-state index contributed by atoms with van der Waals surface area (Å²) >= 11 is 0. The maximum atomic E-state index is 13.6. The van der Waals surface area contributed by atoms with Gasteiger partial charge in [0.15, 0.2) is 0 Å². The molecule has 4 heteroatoms. The molecule has 0 spiro atoms. The van der Waals surface area contributed by atoms with E-state index in [4.69, 9.17) is 10.00 Å². The van der Waals surface area contributed by atoms with Gasteiger partial charge in [-0.1, -0.05) is 18.2 Å². The first kappa shape index (κ1) is 14.0. The van der Waals surface area contributed by atoms with E-state index in [0.29, 0.717) is 11.5 Å². The van der Waals surface area contributed by atoms with Gasteiger partial charge in [0.25, 0.3) is 0 Å². The molecule has 2 aromatic carbocycles. The summed E-state index contributed by atoms with van der Waals surface area (Å²) < 4.78 is 19.3. The molecule has 1 unspecified atom stereocenters. The Bertz CT molecular complexity index is 649. The van der Waals surface area contributed by atoms with Crippen LogP contribution >= 0.6 is 0 Å². The zero-order valence-electron chi connectivity index (χ0n) is 11.4. The lowest BCUT2D eigenvalue weighted by atomic mass is 10.1. The molecule has 102 valence electrons. The largest absolute Gasteiger partial charge is 0.457 e. The molecule has 1 N–H and O–H groups in total. The van der Waals surface area contributed by atoms with Gasteiger partial charge in [-0.05, 0) is 32.2 Å². The van der Waals surface area contributed by atoms with E-state index in [2.05, 4.69) is 5.32 Å². The highest BCUT2D eigenvalue weighted by molar-refractivity contribution is 5.42. The summed E-state index contributed by atoms with van der Waals surface area (Å²) in [6.07, 6.45) is 0. The van der Waals surface area contributed by atoms with Crippen LogP contribution in [0, 0.1) is 17.1 Å². The number of hydrogen-bond donors (Lipinski definition) is 1. The molecule has 1 atom stereocenters. The lowest BCUT2D eigenvalue weighted by Crippen LogP contribution is -2.13. The summed E-state index contributed by atoms with van der Waals surface area (Å²) in [5, 5.41) is 11.8. The van der Waals surface area contributed by atoms with E-state index in [-0.39, 0.29) is 11.6 Å². The van der Waals surface area contributed by atoms with Gasteiger partial charge in [-0.2, -0.15) is 5.26 Å². The quantitative estimate of drug-likeness (QED) is 0.919. The smallest absolute Gasteiger partial charge is 0.144 e. The van der Waals surface area contributed by atoms with E-state index in [1.54, 1.807) is 12.1 Å². The standard InChI is InChI=1S/C16H15FN2O/c1-11(19-2)14-5-3-4-6-16(14)20-13-8-7-12(10-18)15(17)9-13/h3-9,11,19H,1-2H3. The van der Waals surface area contributed by atoms with Crippen LogP contribution in [0.1, 0.15) is 24.1 Å². The maximum absolute atomic E-state index is 13.6. The molecule has 2 aromatic rings. The highest BCUT2D eigenvalue weighted by Gasteiger charge is 2.11. The third-order valence-electron chi connectivity index (χ3n) is 3.11. The molecule has 0 saturated carbocycles. The van der Waals surface area contributed by atoms with Crippen LogP contribution in [-0.2, 0) is 0 Å². The average molecular weight is 270 g/mol. The van der Waals surface area contributed by atoms with Crippen molar-refractivity contribution in [3.05, 3.63) is 59.4 Å². The molecule has 0 aliphatic rings. The molecule has 0 amide bonds. The van der Waals surface area contributed by atoms with Crippen LogP contribution in [0.2, 0.25) is 0 Å². The Hall–Kier alpha value is -2.38. The number of hydrogen-bond acceptors (Lipinski definition) is 3. The van der Waals surface area contributed by atoms with Gasteiger partial charge in [-0.3, -0.25) is 0 Å². The Kier molecular flexibility index (Phi) is 4.34. The third-order valence-corrected chi connectivity index (χ3v) is 3.11. The Morgan fingerprint density at radius 1 is 1.25 bits per heavy atom. The maximum Gasteiger partial charge on any atom is 0.144 e. The number of nitrogens with zero attached hydrogens (tertiary/aromatic N) is 1. The summed E-state index contributed by atoms with van der Waals surface area (Å²) in [6.45, 7) is 2.02. The molecular formula is C16H15FN2O. The fourth-order valence-electron chi connectivity index (χ4n) is 1.86. The van der Waals surface area contributed by atoms with Gasteiger partial charge in [-0.15, -0.1) is 0 Å². The number of benzene rings is 2. The van der Waals surface area contributed by atoms with E-state index >= 15 is 0 Å². The number of nitrogens with one attached hydrogen (secondary N) is 1. The van der Waals surface area contributed by atoms with Gasteiger partial charge >= 0.3 is 0 Å². The molecule has 0 aliphatic heterocycles. The van der Waals surface area contributed by atoms with Crippen molar-refractivity contribution in [2.75, 3.05) is 7.05 Å². The molecule has 0 aliphatic carbocycles. The van der Waals surface area contributed by atoms with Gasteiger partial charge in [-0.25, -0.2) is 4.39 Å². The Morgan fingerprint density at radius 3 is 2.65 bits per heavy atom. The Morgan fingerprint density at radius 2 is 2.00 bits per heavy atom. The highest BCUT2D eigenvalue weighted by Crippen LogP contribution is 2.30. The SMILES string of the molecule is CNC(C)c1ccccc1Oc1ccc(C#N)c(F)c1. The lowest BCUT2D eigenvalue weighted by molar-refractivity contribution is 0.461. The predicted molar refractivity (Wildman–Crippen MR) is 75.1 cm³/mol. The molecular weight excluding hydrogens is 255 g/mol. The van der Waals surface area contributed by atoms with Crippen LogP contribution in [0.4, 0.5) is 4.39 Å². The van der Waals surface area contributed by atoms with Crippen molar-refractivity contribution in [2.45, 2.75) is 13.0 Å². The van der Waals surface area contributed by atoms with Crippen molar-refractivity contribution in [3.8, 4) is 17.6 Å². The van der Waals surface area contributed by atoms with Crippen LogP contribution < -0.4 is 10.1 Å². The summed E-state index contributed by atoms with van der Waals surface area (Å²) in [6, 6.07) is 13.7. The number of rotatable bonds is 4. The van der Waals surface area contributed by atoms with Crippen molar-refractivity contribution >= 4 is 0 Å². The van der Waals surface area contributed by atoms with Gasteiger partial charge in [0, 0.05) is 17.7 Å². The summed E-state index contributed by atoms with van der Waals surface area (Å²) in [4.78, 5) is 0. The first-order chi connectivity index (χ1) is 9.65. The number of ether oxygens (including phenoxy) is 1. The summed E-state index contributed by atoms with van der Waals surface area (Å²) in [5.41, 5.74) is 0.994. The van der Waals surface area contributed by atoms with Crippen molar-refractivity contribution in [3.63, 3.8) is 0 Å². The van der Waals surface area contributed by atoms with Gasteiger partial charge < -0.3 is 10.1 Å². The van der Waals surface area contributed by atoms with Crippen molar-refractivity contribution in [1.82, 2.24) is 5.32 Å². The highest BCUT2D eigenvalue weighted by atomic mass is 19.1. The number of halogens is 1. The average Bonchev–Trinajstić information content (AvgIpc) is 2.47. The molecule has 0 aromatic heterocycles. The molecule has 2 rings (SSSR count). The van der Waals surface area contributed by atoms with Crippen molar-refractivity contribution in [2.24, 2.45) is 0 Å². The van der Waals surface area contributed by atoms with Crippen LogP contribution in [0.25, 0.3) is 0 Å². The minimum Gasteiger partial charge on any atom is -0.457 e. The third kappa shape index (κ3) is 2.95. The topological polar surface area (TPSA) is 45.0 Å². The molecule has 0 saturated heterocycles. The van der Waals surface area contributed by atoms with Crippen molar-refractivity contribution < 1.29 is 9.13 Å². The van der Waals surface area contributed by atoms with Crippen LogP contribution in [0.15, 0.2) is 42.5 Å². The second-order valence-corrected chi connectivity index (χ2v) is 4.40. The number of para-hydroxylation sites is 1. The second kappa shape index (κ2) is 6.18. The molecule has 0 heterocycles. The minimum atomic E-state index is -0.579. The van der Waals surface area contributed by atoms with E-state index in [9.17, 15) is 4.39 Å². The lowest BCUT2D eigenvalue weighted by Gasteiger charge is -2.16. The van der Waals surface area contributed by atoms with Crippen LogP contribution in [0.5, 0.6) is 11.5 Å². The monoisotopic (exact) mass is 270 g/mol. The zero-order chi connectivity index (χ0) is 14.5. The van der Waals surface area contributed by atoms with Gasteiger partial charge in [0.05, 0.1) is 5.56 Å². The van der Waals surface area contributed by atoms with Crippen molar-refractivity contribution in [1.29, 1.82) is 5.26 Å². The summed E-state index contributed by atoms with van der Waals surface area (Å²) in [5.74, 6) is 0.458. The molecule has 0 bridgehead atoms. The van der Waals surface area contributed by atoms with E-state index in [0.717, 1.165) is 5.56 Å². The van der Waals surface area contributed by atoms with E-state index in [1.807, 2.05) is 38.2 Å². The van der Waals surface area contributed by atoms with Crippen LogP contribution in [-0.4, -0.2) is 7.05 Å². The summed E-state index contributed by atoms with van der Waals surface area (Å²) in [7, 11) is 1.86. The Labute approximate surface area is 117 Å². The second-order valence-electron chi connectivity index (χ2n) is 4.40. The first-order valence-corrected chi connectivity index (χ1v) is 6.29. The van der Waals surface area contributed by atoms with Crippen LogP contribution in [0.3, 0.4) is 0 Å². The molecule has 3 nitrogen and oxygen atoms in total. The van der Waals surface area contributed by atoms with E-state index < -0.39 is 5.82 Å². The van der Waals surface area contributed by atoms with E-state index in [1.165, 1.54) is 12.1 Å². The van der Waals surface area contributed by atoms with Gasteiger partial charge in [0.1, 0.15) is 23.4 Å². The predicted octanol–water partition coefficient (Wildman–Crippen LogP) is 3.77. The fourth-order valence-corrected chi connectivity index (χ4v) is 1.86. The molecule has 0 fully saturated rings. The zero-order valence-corrected chi connectivity index (χ0v) is 11.4. The Balaban J connectivity index is 2.31. The molecule has 0 radical (unpaired) electrons. The fraction of sp³-hybridized carbons (Fsp3) is 0.188. The first-order valence-electron chi connectivity index (χ1n) is 6.29. The normalized spacial score (nSPS) is 11.7. The van der Waals surface area contributed by atoms with Gasteiger partial charge in [0.2, 0.25) is 0 Å². The minimum absolute atomic E-state index is 0.00854. The molecule has 20 heavy (non-hydrogen) atoms.